The maximum Gasteiger partial charge on any atom is 0.275 e. The summed E-state index contributed by atoms with van der Waals surface area (Å²) >= 11 is 0. The van der Waals surface area contributed by atoms with Crippen molar-refractivity contribution in [2.24, 2.45) is 0 Å². The molecule has 1 aromatic heterocycles. The monoisotopic (exact) mass is 394 g/mol. The third kappa shape index (κ3) is 3.46. The molecule has 1 aliphatic heterocycles. The lowest BCUT2D eigenvalue weighted by atomic mass is 10.0. The Morgan fingerprint density at radius 1 is 1.07 bits per heavy atom. The number of aromatic nitrogens is 2. The Balaban J connectivity index is 1.67. The van der Waals surface area contributed by atoms with Crippen molar-refractivity contribution < 1.29 is 13.2 Å². The van der Waals surface area contributed by atoms with Gasteiger partial charge in [0.2, 0.25) is 0 Å². The average Bonchev–Trinajstić information content (AvgIpc) is 2.74. The highest BCUT2D eigenvalue weighted by atomic mass is 32.2. The molecule has 2 aromatic carbocycles. The van der Waals surface area contributed by atoms with Crippen molar-refractivity contribution in [3.63, 3.8) is 0 Å². The Kier molecular flexibility index (Phi) is 4.79. The van der Waals surface area contributed by atoms with Crippen molar-refractivity contribution in [1.82, 2.24) is 9.97 Å². The molecule has 0 bridgehead atoms. The lowest BCUT2D eigenvalue weighted by Gasteiger charge is -2.31. The van der Waals surface area contributed by atoms with Gasteiger partial charge in [0.1, 0.15) is 5.69 Å². The van der Waals surface area contributed by atoms with E-state index in [1.165, 1.54) is 22.9 Å². The molecule has 1 N–H and O–H groups in total. The summed E-state index contributed by atoms with van der Waals surface area (Å²) in [6, 6.07) is 13.7. The number of amides is 1. The molecule has 0 aliphatic carbocycles. The van der Waals surface area contributed by atoms with Gasteiger partial charge in [-0.25, -0.2) is 13.4 Å². The van der Waals surface area contributed by atoms with Crippen LogP contribution in [0.3, 0.4) is 0 Å². The van der Waals surface area contributed by atoms with Crippen molar-refractivity contribution in [1.29, 1.82) is 0 Å². The third-order valence-electron chi connectivity index (χ3n) is 4.55. The van der Waals surface area contributed by atoms with Crippen LogP contribution in [0.5, 0.6) is 0 Å². The van der Waals surface area contributed by atoms with Crippen LogP contribution in [0.2, 0.25) is 0 Å². The molecule has 1 aliphatic rings. The van der Waals surface area contributed by atoms with Crippen LogP contribution in [0.15, 0.2) is 72.0 Å². The highest BCUT2D eigenvalue weighted by Crippen LogP contribution is 2.34. The Morgan fingerprint density at radius 3 is 2.64 bits per heavy atom. The number of aryl methyl sites for hydroxylation is 1. The molecule has 28 heavy (non-hydrogen) atoms. The highest BCUT2D eigenvalue weighted by molar-refractivity contribution is 7.92. The predicted octanol–water partition coefficient (Wildman–Crippen LogP) is 2.87. The summed E-state index contributed by atoms with van der Waals surface area (Å²) in [7, 11) is -3.67. The number of nitrogens with one attached hydrogen (secondary N) is 1. The first kappa shape index (κ1) is 18.1. The minimum Gasteiger partial charge on any atom is -0.321 e. The van der Waals surface area contributed by atoms with Crippen molar-refractivity contribution in [2.45, 2.75) is 17.7 Å². The van der Waals surface area contributed by atoms with Crippen LogP contribution < -0.4 is 9.62 Å². The second-order valence-corrected chi connectivity index (χ2v) is 8.24. The molecule has 0 fully saturated rings. The smallest absolute Gasteiger partial charge is 0.275 e. The van der Waals surface area contributed by atoms with Gasteiger partial charge >= 0.3 is 0 Å². The molecule has 1 amide bonds. The Hall–Kier alpha value is -3.26. The Labute approximate surface area is 163 Å². The van der Waals surface area contributed by atoms with Crippen LogP contribution in [0.1, 0.15) is 22.5 Å². The molecule has 8 heteroatoms. The molecule has 142 valence electrons. The third-order valence-corrected chi connectivity index (χ3v) is 6.37. The normalized spacial score (nSPS) is 13.6. The standard InChI is InChI=1S/C20H18N4O3S/c25-20(18-14-21-10-11-22-18)23-16-9-8-15-5-4-12-24(19(15)13-16)28(26,27)17-6-2-1-3-7-17/h1-3,6-11,13-14H,4-5,12H2,(H,23,25). The van der Waals surface area contributed by atoms with Gasteiger partial charge in [-0.2, -0.15) is 0 Å². The van der Waals surface area contributed by atoms with Gasteiger partial charge in [-0.3, -0.25) is 14.1 Å². The summed E-state index contributed by atoms with van der Waals surface area (Å²) in [5.41, 5.74) is 2.22. The van der Waals surface area contributed by atoms with Gasteiger partial charge in [-0.05, 0) is 42.7 Å². The van der Waals surface area contributed by atoms with Crippen molar-refractivity contribution in [3.8, 4) is 0 Å². The first-order chi connectivity index (χ1) is 13.6. The quantitative estimate of drug-likeness (QED) is 0.735. The molecule has 2 heterocycles. The van der Waals surface area contributed by atoms with Crippen LogP contribution >= 0.6 is 0 Å². The second-order valence-electron chi connectivity index (χ2n) is 6.38. The van der Waals surface area contributed by atoms with Gasteiger partial charge in [0.15, 0.2) is 0 Å². The summed E-state index contributed by atoms with van der Waals surface area (Å²) < 4.78 is 27.7. The Bertz CT molecular complexity index is 1100. The molecule has 0 unspecified atom stereocenters. The second kappa shape index (κ2) is 7.40. The minimum atomic E-state index is -3.67. The van der Waals surface area contributed by atoms with E-state index in [-0.39, 0.29) is 10.6 Å². The first-order valence-corrected chi connectivity index (χ1v) is 10.3. The van der Waals surface area contributed by atoms with Gasteiger partial charge in [0.05, 0.1) is 16.8 Å². The van der Waals surface area contributed by atoms with E-state index in [0.29, 0.717) is 17.9 Å². The number of rotatable bonds is 4. The molecule has 0 radical (unpaired) electrons. The summed E-state index contributed by atoms with van der Waals surface area (Å²) in [6.45, 7) is 0.395. The molecular weight excluding hydrogens is 376 g/mol. The van der Waals surface area contributed by atoms with Gasteiger partial charge in [0, 0.05) is 24.6 Å². The van der Waals surface area contributed by atoms with Gasteiger partial charge in [-0.15, -0.1) is 0 Å². The van der Waals surface area contributed by atoms with E-state index in [4.69, 9.17) is 0 Å². The zero-order chi connectivity index (χ0) is 19.6. The zero-order valence-corrected chi connectivity index (χ0v) is 15.8. The van der Waals surface area contributed by atoms with E-state index in [1.54, 1.807) is 42.5 Å². The maximum atomic E-state index is 13.1. The van der Waals surface area contributed by atoms with Gasteiger partial charge in [0.25, 0.3) is 15.9 Å². The zero-order valence-electron chi connectivity index (χ0n) is 14.9. The van der Waals surface area contributed by atoms with Crippen LogP contribution in [0.4, 0.5) is 11.4 Å². The lowest BCUT2D eigenvalue weighted by Crippen LogP contribution is -2.35. The SMILES string of the molecule is O=C(Nc1ccc2c(c1)N(S(=O)(=O)c1ccccc1)CCC2)c1cnccn1. The Morgan fingerprint density at radius 2 is 1.89 bits per heavy atom. The molecule has 0 spiro atoms. The summed E-state index contributed by atoms with van der Waals surface area (Å²) in [6.07, 6.45) is 5.83. The molecule has 7 nitrogen and oxygen atoms in total. The number of sulfonamides is 1. The van der Waals surface area contributed by atoms with Crippen LogP contribution in [0, 0.1) is 0 Å². The average molecular weight is 394 g/mol. The van der Waals surface area contributed by atoms with Crippen molar-refractivity contribution in [2.75, 3.05) is 16.2 Å². The maximum absolute atomic E-state index is 13.1. The number of hydrogen-bond donors (Lipinski definition) is 1. The lowest BCUT2D eigenvalue weighted by molar-refractivity contribution is 0.102. The van der Waals surface area contributed by atoms with E-state index in [2.05, 4.69) is 15.3 Å². The molecule has 4 rings (SSSR count). The van der Waals surface area contributed by atoms with Crippen LogP contribution in [-0.4, -0.2) is 30.8 Å². The molecule has 0 saturated heterocycles. The number of fused-ring (bicyclic) bond motifs is 1. The van der Waals surface area contributed by atoms with E-state index in [9.17, 15) is 13.2 Å². The van der Waals surface area contributed by atoms with Crippen LogP contribution in [-0.2, 0) is 16.4 Å². The largest absolute Gasteiger partial charge is 0.321 e. The number of benzene rings is 2. The van der Waals surface area contributed by atoms with Gasteiger partial charge < -0.3 is 5.32 Å². The molecule has 0 atom stereocenters. The molecule has 3 aromatic rings. The predicted molar refractivity (Wildman–Crippen MR) is 106 cm³/mol. The van der Waals surface area contributed by atoms with Crippen LogP contribution in [0.25, 0.3) is 0 Å². The molecular formula is C20H18N4O3S. The minimum absolute atomic E-state index is 0.189. The fourth-order valence-electron chi connectivity index (χ4n) is 3.20. The number of carbonyl (C=O) groups is 1. The fraction of sp³-hybridized carbons (Fsp3) is 0.150. The number of nitrogens with zero attached hydrogens (tertiary/aromatic N) is 3. The highest BCUT2D eigenvalue weighted by Gasteiger charge is 2.29. The summed E-state index contributed by atoms with van der Waals surface area (Å²) in [5.74, 6) is -0.402. The topological polar surface area (TPSA) is 92.3 Å². The first-order valence-electron chi connectivity index (χ1n) is 8.84. The van der Waals surface area contributed by atoms with E-state index in [0.717, 1.165) is 18.4 Å². The summed E-state index contributed by atoms with van der Waals surface area (Å²) in [4.78, 5) is 20.4. The number of anilines is 2. The number of hydrogen-bond acceptors (Lipinski definition) is 5. The van der Waals surface area contributed by atoms with E-state index in [1.807, 2.05) is 6.07 Å². The fourth-order valence-corrected chi connectivity index (χ4v) is 4.75. The summed E-state index contributed by atoms with van der Waals surface area (Å²) in [5, 5.41) is 2.76. The van der Waals surface area contributed by atoms with Crippen molar-refractivity contribution in [3.05, 3.63) is 78.4 Å². The van der Waals surface area contributed by atoms with Crippen molar-refractivity contribution >= 4 is 27.3 Å². The van der Waals surface area contributed by atoms with E-state index < -0.39 is 15.9 Å². The molecule has 0 saturated carbocycles. The number of carbonyl (C=O) groups excluding carboxylic acids is 1. The van der Waals surface area contributed by atoms with E-state index >= 15 is 0 Å². The van der Waals surface area contributed by atoms with Gasteiger partial charge in [-0.1, -0.05) is 24.3 Å².